The molecule has 0 radical (unpaired) electrons. The highest BCUT2D eigenvalue weighted by Gasteiger charge is 2.10. The molecule has 0 aliphatic heterocycles. The van der Waals surface area contributed by atoms with Crippen LogP contribution in [-0.4, -0.2) is 7.11 Å². The number of benzene rings is 1. The molecule has 4 heteroatoms. The topological polar surface area (TPSA) is 44.5 Å². The molecule has 13 heavy (non-hydrogen) atoms. The Morgan fingerprint density at radius 2 is 2.15 bits per heavy atom. The standard InChI is InChI=1S/C9H12ClNO2/c1-6-3-4-8(10)7(5-13-11)9(6)12-2/h3-4H,5,11H2,1-2H3. The average Bonchev–Trinajstić information content (AvgIpc) is 2.12. The zero-order valence-electron chi connectivity index (χ0n) is 7.63. The van der Waals surface area contributed by atoms with Gasteiger partial charge in [-0.25, -0.2) is 5.90 Å². The highest BCUT2D eigenvalue weighted by atomic mass is 35.5. The fraction of sp³-hybridized carbons (Fsp3) is 0.333. The highest BCUT2D eigenvalue weighted by Crippen LogP contribution is 2.30. The predicted octanol–water partition coefficient (Wildman–Crippen LogP) is 2.05. The molecule has 0 aliphatic carbocycles. The number of halogens is 1. The lowest BCUT2D eigenvalue weighted by atomic mass is 10.1. The quantitative estimate of drug-likeness (QED) is 0.762. The molecule has 0 atom stereocenters. The van der Waals surface area contributed by atoms with Gasteiger partial charge in [0.25, 0.3) is 0 Å². The first-order valence-corrected chi connectivity index (χ1v) is 4.22. The SMILES string of the molecule is COc1c(C)ccc(Cl)c1CON. The van der Waals surface area contributed by atoms with Crippen LogP contribution in [-0.2, 0) is 11.4 Å². The Morgan fingerprint density at radius 3 is 2.69 bits per heavy atom. The van der Waals surface area contributed by atoms with Crippen molar-refractivity contribution in [2.45, 2.75) is 13.5 Å². The van der Waals surface area contributed by atoms with Crippen LogP contribution >= 0.6 is 11.6 Å². The van der Waals surface area contributed by atoms with Gasteiger partial charge in [-0.3, -0.25) is 4.84 Å². The summed E-state index contributed by atoms with van der Waals surface area (Å²) in [6.45, 7) is 2.19. The number of ether oxygens (including phenoxy) is 1. The lowest BCUT2D eigenvalue weighted by Crippen LogP contribution is -2.02. The van der Waals surface area contributed by atoms with Crippen molar-refractivity contribution < 1.29 is 9.57 Å². The zero-order valence-corrected chi connectivity index (χ0v) is 8.39. The predicted molar refractivity (Wildman–Crippen MR) is 51.7 cm³/mol. The lowest BCUT2D eigenvalue weighted by molar-refractivity contribution is 0.122. The van der Waals surface area contributed by atoms with E-state index in [2.05, 4.69) is 4.84 Å². The minimum absolute atomic E-state index is 0.254. The fourth-order valence-electron chi connectivity index (χ4n) is 1.22. The Kier molecular flexibility index (Phi) is 3.54. The molecule has 0 unspecified atom stereocenters. The lowest BCUT2D eigenvalue weighted by Gasteiger charge is -2.11. The van der Waals surface area contributed by atoms with Gasteiger partial charge in [-0.05, 0) is 18.6 Å². The second kappa shape index (κ2) is 4.46. The number of hydrogen-bond donors (Lipinski definition) is 1. The summed E-state index contributed by atoms with van der Waals surface area (Å²) in [5, 5.41) is 0.605. The summed E-state index contributed by atoms with van der Waals surface area (Å²) < 4.78 is 5.19. The molecule has 0 saturated carbocycles. The maximum absolute atomic E-state index is 5.94. The molecule has 1 aromatic rings. The molecule has 3 nitrogen and oxygen atoms in total. The first-order chi connectivity index (χ1) is 6.20. The van der Waals surface area contributed by atoms with E-state index in [0.29, 0.717) is 5.02 Å². The van der Waals surface area contributed by atoms with Crippen molar-refractivity contribution in [2.75, 3.05) is 7.11 Å². The van der Waals surface area contributed by atoms with E-state index in [4.69, 9.17) is 22.2 Å². The number of methoxy groups -OCH3 is 1. The molecule has 0 aliphatic rings. The van der Waals surface area contributed by atoms with Crippen molar-refractivity contribution in [1.29, 1.82) is 0 Å². The maximum atomic E-state index is 5.94. The number of hydrogen-bond acceptors (Lipinski definition) is 3. The molecular weight excluding hydrogens is 190 g/mol. The molecule has 0 heterocycles. The third-order valence-electron chi connectivity index (χ3n) is 1.83. The van der Waals surface area contributed by atoms with Crippen LogP contribution < -0.4 is 10.6 Å². The Labute approximate surface area is 82.4 Å². The third kappa shape index (κ3) is 2.12. The van der Waals surface area contributed by atoms with Crippen molar-refractivity contribution >= 4 is 11.6 Å². The molecule has 0 amide bonds. The van der Waals surface area contributed by atoms with E-state index in [-0.39, 0.29) is 6.61 Å². The van der Waals surface area contributed by atoms with Gasteiger partial charge < -0.3 is 4.74 Å². The smallest absolute Gasteiger partial charge is 0.128 e. The second-order valence-corrected chi connectivity index (χ2v) is 3.09. The molecule has 0 fully saturated rings. The molecule has 72 valence electrons. The summed E-state index contributed by atoms with van der Waals surface area (Å²) >= 11 is 5.94. The van der Waals surface area contributed by atoms with Crippen LogP contribution in [0.5, 0.6) is 5.75 Å². The number of nitrogens with two attached hydrogens (primary N) is 1. The van der Waals surface area contributed by atoms with Crippen molar-refractivity contribution in [3.63, 3.8) is 0 Å². The molecule has 1 rings (SSSR count). The summed E-state index contributed by atoms with van der Waals surface area (Å²) in [4.78, 5) is 4.54. The summed E-state index contributed by atoms with van der Waals surface area (Å²) in [7, 11) is 1.60. The van der Waals surface area contributed by atoms with E-state index >= 15 is 0 Å². The monoisotopic (exact) mass is 201 g/mol. The van der Waals surface area contributed by atoms with Gasteiger partial charge in [-0.2, -0.15) is 0 Å². The van der Waals surface area contributed by atoms with Crippen molar-refractivity contribution in [1.82, 2.24) is 0 Å². The van der Waals surface area contributed by atoms with E-state index in [1.165, 1.54) is 0 Å². The van der Waals surface area contributed by atoms with E-state index in [9.17, 15) is 0 Å². The minimum Gasteiger partial charge on any atom is -0.496 e. The summed E-state index contributed by atoms with van der Waals surface area (Å²) in [6.07, 6.45) is 0. The molecule has 1 aromatic carbocycles. The first kappa shape index (κ1) is 10.3. The van der Waals surface area contributed by atoms with Crippen LogP contribution in [0.2, 0.25) is 5.02 Å². The second-order valence-electron chi connectivity index (χ2n) is 2.69. The molecule has 0 spiro atoms. The Hall–Kier alpha value is -0.770. The number of rotatable bonds is 3. The zero-order chi connectivity index (χ0) is 9.84. The Morgan fingerprint density at radius 1 is 1.46 bits per heavy atom. The van der Waals surface area contributed by atoms with Gasteiger partial charge in [-0.15, -0.1) is 0 Å². The van der Waals surface area contributed by atoms with Gasteiger partial charge in [0, 0.05) is 10.6 Å². The number of aryl methyl sites for hydroxylation is 1. The van der Waals surface area contributed by atoms with Gasteiger partial charge >= 0.3 is 0 Å². The van der Waals surface area contributed by atoms with Crippen molar-refractivity contribution in [2.24, 2.45) is 5.90 Å². The van der Waals surface area contributed by atoms with Crippen LogP contribution in [0.1, 0.15) is 11.1 Å². The van der Waals surface area contributed by atoms with E-state index in [0.717, 1.165) is 16.9 Å². The van der Waals surface area contributed by atoms with Crippen LogP contribution in [0.15, 0.2) is 12.1 Å². The molecular formula is C9H12ClNO2. The summed E-state index contributed by atoms with van der Waals surface area (Å²) in [6, 6.07) is 3.69. The fourth-order valence-corrected chi connectivity index (χ4v) is 1.43. The van der Waals surface area contributed by atoms with E-state index < -0.39 is 0 Å². The van der Waals surface area contributed by atoms with Crippen LogP contribution in [0.25, 0.3) is 0 Å². The van der Waals surface area contributed by atoms with Gasteiger partial charge in [0.05, 0.1) is 13.7 Å². The van der Waals surface area contributed by atoms with Gasteiger partial charge in [0.1, 0.15) is 5.75 Å². The van der Waals surface area contributed by atoms with E-state index in [1.54, 1.807) is 13.2 Å². The minimum atomic E-state index is 0.254. The highest BCUT2D eigenvalue weighted by molar-refractivity contribution is 6.31. The molecule has 0 aromatic heterocycles. The van der Waals surface area contributed by atoms with Gasteiger partial charge in [0.2, 0.25) is 0 Å². The van der Waals surface area contributed by atoms with Gasteiger partial charge in [0.15, 0.2) is 0 Å². The van der Waals surface area contributed by atoms with Crippen LogP contribution in [0.3, 0.4) is 0 Å². The molecule has 0 saturated heterocycles. The Bertz CT molecular complexity index is 302. The largest absolute Gasteiger partial charge is 0.496 e. The third-order valence-corrected chi connectivity index (χ3v) is 2.19. The first-order valence-electron chi connectivity index (χ1n) is 3.84. The molecule has 0 bridgehead atoms. The van der Waals surface area contributed by atoms with E-state index in [1.807, 2.05) is 13.0 Å². The maximum Gasteiger partial charge on any atom is 0.128 e. The van der Waals surface area contributed by atoms with Crippen molar-refractivity contribution in [3.05, 3.63) is 28.3 Å². The van der Waals surface area contributed by atoms with Crippen LogP contribution in [0, 0.1) is 6.92 Å². The summed E-state index contributed by atoms with van der Waals surface area (Å²) in [5.41, 5.74) is 1.80. The van der Waals surface area contributed by atoms with Gasteiger partial charge in [-0.1, -0.05) is 17.7 Å². The Balaban J connectivity index is 3.18. The van der Waals surface area contributed by atoms with Crippen molar-refractivity contribution in [3.8, 4) is 5.75 Å². The molecule has 2 N–H and O–H groups in total. The summed E-state index contributed by atoms with van der Waals surface area (Å²) in [5.74, 6) is 5.72. The average molecular weight is 202 g/mol. The normalized spacial score (nSPS) is 10.2. The van der Waals surface area contributed by atoms with Crippen LogP contribution in [0.4, 0.5) is 0 Å².